The Morgan fingerprint density at radius 2 is 1.12 bits per heavy atom. The number of esters is 1. The van der Waals surface area contributed by atoms with Crippen molar-refractivity contribution >= 4 is 5.97 Å². The Bertz CT molecular complexity index is 735. The molecule has 0 radical (unpaired) electrons. The zero-order valence-electron chi connectivity index (χ0n) is 15.1. The molecule has 0 amide bonds. The first kappa shape index (κ1) is 17.9. The fourth-order valence-corrected chi connectivity index (χ4v) is 3.58. The molecule has 0 aliphatic carbocycles. The standard InChI is InChI=1S/C23H23NO2/c1-24(18-22(25)26-2)23(19-12-6-3-7-13-19,20-14-8-4-9-15-20)21-16-10-5-11-17-21/h3-17H,18H2,1-2H3. The lowest BCUT2D eigenvalue weighted by molar-refractivity contribution is -0.142. The van der Waals surface area contributed by atoms with Gasteiger partial charge in [0.05, 0.1) is 19.2 Å². The summed E-state index contributed by atoms with van der Waals surface area (Å²) in [5.74, 6) is -0.264. The fraction of sp³-hybridized carbons (Fsp3) is 0.174. The van der Waals surface area contributed by atoms with Crippen molar-refractivity contribution in [2.24, 2.45) is 0 Å². The Balaban J connectivity index is 2.30. The van der Waals surface area contributed by atoms with E-state index in [2.05, 4.69) is 41.3 Å². The molecule has 0 atom stereocenters. The lowest BCUT2D eigenvalue weighted by Gasteiger charge is -2.43. The smallest absolute Gasteiger partial charge is 0.319 e. The van der Waals surface area contributed by atoms with Gasteiger partial charge in [-0.2, -0.15) is 0 Å². The number of hydrogen-bond acceptors (Lipinski definition) is 3. The molecule has 0 aliphatic rings. The van der Waals surface area contributed by atoms with E-state index >= 15 is 0 Å². The molecule has 0 N–H and O–H groups in total. The number of rotatable bonds is 6. The Morgan fingerprint density at radius 1 is 0.769 bits per heavy atom. The van der Waals surface area contributed by atoms with Crippen LogP contribution in [-0.4, -0.2) is 31.6 Å². The molecule has 26 heavy (non-hydrogen) atoms. The Labute approximate surface area is 154 Å². The van der Waals surface area contributed by atoms with Crippen molar-refractivity contribution in [2.45, 2.75) is 5.54 Å². The summed E-state index contributed by atoms with van der Waals surface area (Å²) in [5.41, 5.74) is 2.70. The summed E-state index contributed by atoms with van der Waals surface area (Å²) in [6, 6.07) is 30.8. The second-order valence-corrected chi connectivity index (χ2v) is 6.24. The minimum atomic E-state index is -0.599. The number of likely N-dealkylation sites (N-methyl/N-ethyl adjacent to an activating group) is 1. The van der Waals surface area contributed by atoms with E-state index in [9.17, 15) is 4.79 Å². The van der Waals surface area contributed by atoms with Crippen molar-refractivity contribution in [2.75, 3.05) is 20.7 Å². The molecule has 3 aromatic rings. The first-order chi connectivity index (χ1) is 12.7. The SMILES string of the molecule is COC(=O)CN(C)C(c1ccccc1)(c1ccccc1)c1ccccc1. The van der Waals surface area contributed by atoms with Gasteiger partial charge in [-0.25, -0.2) is 0 Å². The van der Waals surface area contributed by atoms with E-state index < -0.39 is 5.54 Å². The van der Waals surface area contributed by atoms with E-state index in [4.69, 9.17) is 4.74 Å². The molecule has 3 rings (SSSR count). The third-order valence-electron chi connectivity index (χ3n) is 4.74. The largest absolute Gasteiger partial charge is 0.468 e. The predicted octanol–water partition coefficient (Wildman–Crippen LogP) is 4.08. The number of ether oxygens (including phenoxy) is 1. The zero-order chi connectivity index (χ0) is 18.4. The maximum atomic E-state index is 12.1. The monoisotopic (exact) mass is 345 g/mol. The van der Waals surface area contributed by atoms with Crippen LogP contribution in [0.2, 0.25) is 0 Å². The highest BCUT2D eigenvalue weighted by atomic mass is 16.5. The Hall–Kier alpha value is -2.91. The summed E-state index contributed by atoms with van der Waals surface area (Å²) in [6.07, 6.45) is 0. The molecule has 0 saturated carbocycles. The van der Waals surface area contributed by atoms with E-state index in [1.807, 2.05) is 61.6 Å². The zero-order valence-corrected chi connectivity index (χ0v) is 15.1. The van der Waals surface area contributed by atoms with Crippen molar-refractivity contribution in [3.05, 3.63) is 108 Å². The minimum absolute atomic E-state index is 0.176. The molecular weight excluding hydrogens is 322 g/mol. The molecule has 132 valence electrons. The third kappa shape index (κ3) is 3.26. The van der Waals surface area contributed by atoms with Crippen LogP contribution in [0.1, 0.15) is 16.7 Å². The van der Waals surface area contributed by atoms with Gasteiger partial charge >= 0.3 is 5.97 Å². The highest BCUT2D eigenvalue weighted by Gasteiger charge is 2.40. The van der Waals surface area contributed by atoms with Gasteiger partial charge in [0.15, 0.2) is 0 Å². The van der Waals surface area contributed by atoms with Crippen molar-refractivity contribution in [3.63, 3.8) is 0 Å². The van der Waals surface area contributed by atoms with Crippen molar-refractivity contribution in [1.82, 2.24) is 4.90 Å². The number of carbonyl (C=O) groups excluding carboxylic acids is 1. The van der Waals surface area contributed by atoms with E-state index in [0.717, 1.165) is 16.7 Å². The predicted molar refractivity (Wildman–Crippen MR) is 104 cm³/mol. The van der Waals surface area contributed by atoms with Gasteiger partial charge in [-0.3, -0.25) is 9.69 Å². The number of carbonyl (C=O) groups is 1. The van der Waals surface area contributed by atoms with Crippen LogP contribution in [0, 0.1) is 0 Å². The minimum Gasteiger partial charge on any atom is -0.468 e. The van der Waals surface area contributed by atoms with Gasteiger partial charge in [-0.05, 0) is 23.7 Å². The third-order valence-corrected chi connectivity index (χ3v) is 4.74. The molecule has 0 saturated heterocycles. The van der Waals surface area contributed by atoms with Crippen LogP contribution in [0.3, 0.4) is 0 Å². The molecule has 0 aliphatic heterocycles. The topological polar surface area (TPSA) is 29.5 Å². The van der Waals surface area contributed by atoms with Crippen LogP contribution >= 0.6 is 0 Å². The quantitative estimate of drug-likeness (QED) is 0.498. The van der Waals surface area contributed by atoms with Gasteiger partial charge in [-0.15, -0.1) is 0 Å². The maximum absolute atomic E-state index is 12.1. The summed E-state index contributed by atoms with van der Waals surface area (Å²) in [7, 11) is 3.38. The summed E-state index contributed by atoms with van der Waals surface area (Å²) in [4.78, 5) is 14.2. The van der Waals surface area contributed by atoms with Crippen LogP contribution in [0.5, 0.6) is 0 Å². The molecule has 0 aromatic heterocycles. The lowest BCUT2D eigenvalue weighted by atomic mass is 9.76. The number of benzene rings is 3. The van der Waals surface area contributed by atoms with Gasteiger partial charge in [0.25, 0.3) is 0 Å². The second-order valence-electron chi connectivity index (χ2n) is 6.24. The summed E-state index contributed by atoms with van der Waals surface area (Å²) in [6.45, 7) is 0.176. The lowest BCUT2D eigenvalue weighted by Crippen LogP contribution is -2.48. The van der Waals surface area contributed by atoms with E-state index in [0.29, 0.717) is 0 Å². The normalized spacial score (nSPS) is 11.3. The Kier molecular flexibility index (Phi) is 5.49. The van der Waals surface area contributed by atoms with Crippen LogP contribution in [0.25, 0.3) is 0 Å². The molecule has 3 aromatic carbocycles. The average molecular weight is 345 g/mol. The van der Waals surface area contributed by atoms with Crippen LogP contribution < -0.4 is 0 Å². The molecule has 0 spiro atoms. The fourth-order valence-electron chi connectivity index (χ4n) is 3.58. The molecular formula is C23H23NO2. The van der Waals surface area contributed by atoms with Gasteiger partial charge in [-0.1, -0.05) is 91.0 Å². The average Bonchev–Trinajstić information content (AvgIpc) is 2.71. The van der Waals surface area contributed by atoms with Gasteiger partial charge < -0.3 is 4.74 Å². The molecule has 3 nitrogen and oxygen atoms in total. The maximum Gasteiger partial charge on any atom is 0.319 e. The van der Waals surface area contributed by atoms with Crippen molar-refractivity contribution in [3.8, 4) is 0 Å². The molecule has 0 bridgehead atoms. The Morgan fingerprint density at radius 3 is 1.42 bits per heavy atom. The molecule has 3 heteroatoms. The van der Waals surface area contributed by atoms with Crippen LogP contribution in [0.15, 0.2) is 91.0 Å². The molecule has 0 heterocycles. The highest BCUT2D eigenvalue weighted by Crippen LogP contribution is 2.41. The second kappa shape index (κ2) is 7.98. The summed E-state index contributed by atoms with van der Waals surface area (Å²) in [5, 5.41) is 0. The van der Waals surface area contributed by atoms with Crippen molar-refractivity contribution in [1.29, 1.82) is 0 Å². The van der Waals surface area contributed by atoms with Crippen molar-refractivity contribution < 1.29 is 9.53 Å². The summed E-state index contributed by atoms with van der Waals surface area (Å²) >= 11 is 0. The number of hydrogen-bond donors (Lipinski definition) is 0. The highest BCUT2D eigenvalue weighted by molar-refractivity contribution is 5.72. The number of nitrogens with zero attached hydrogens (tertiary/aromatic N) is 1. The van der Waals surface area contributed by atoms with E-state index in [1.165, 1.54) is 7.11 Å². The van der Waals surface area contributed by atoms with Gasteiger partial charge in [0, 0.05) is 0 Å². The van der Waals surface area contributed by atoms with Gasteiger partial charge in [0.2, 0.25) is 0 Å². The molecule has 0 fully saturated rings. The van der Waals surface area contributed by atoms with Gasteiger partial charge in [0.1, 0.15) is 0 Å². The van der Waals surface area contributed by atoms with Crippen LogP contribution in [0.4, 0.5) is 0 Å². The van der Waals surface area contributed by atoms with E-state index in [1.54, 1.807) is 0 Å². The van der Waals surface area contributed by atoms with E-state index in [-0.39, 0.29) is 12.5 Å². The first-order valence-corrected chi connectivity index (χ1v) is 8.64. The van der Waals surface area contributed by atoms with Crippen LogP contribution in [-0.2, 0) is 15.1 Å². The molecule has 0 unspecified atom stereocenters. The summed E-state index contributed by atoms with van der Waals surface area (Å²) < 4.78 is 4.94. The number of methoxy groups -OCH3 is 1. The first-order valence-electron chi connectivity index (χ1n) is 8.64.